The van der Waals surface area contributed by atoms with Crippen molar-refractivity contribution < 1.29 is 9.47 Å². The van der Waals surface area contributed by atoms with Gasteiger partial charge in [0.05, 0.1) is 26.2 Å². The molecular formula is C13H14BrNO2. The fourth-order valence-electron chi connectivity index (χ4n) is 1.56. The second-order valence-electron chi connectivity index (χ2n) is 4.18. The molecule has 0 radical (unpaired) electrons. The Bertz CT molecular complexity index is 449. The Morgan fingerprint density at radius 1 is 1.41 bits per heavy atom. The molecule has 0 saturated heterocycles. The van der Waals surface area contributed by atoms with Crippen molar-refractivity contribution >= 4 is 15.9 Å². The van der Waals surface area contributed by atoms with E-state index in [-0.39, 0.29) is 0 Å². The van der Waals surface area contributed by atoms with Gasteiger partial charge in [0.2, 0.25) is 0 Å². The van der Waals surface area contributed by atoms with E-state index in [1.807, 2.05) is 12.1 Å². The van der Waals surface area contributed by atoms with Crippen molar-refractivity contribution in [2.45, 2.75) is 19.3 Å². The zero-order chi connectivity index (χ0) is 12.3. The minimum atomic E-state index is 0.361. The van der Waals surface area contributed by atoms with Gasteiger partial charge in [-0.1, -0.05) is 15.9 Å². The third-order valence-corrected chi connectivity index (χ3v) is 3.51. The van der Waals surface area contributed by atoms with E-state index in [9.17, 15) is 0 Å². The Balaban J connectivity index is 2.18. The number of rotatable bonds is 5. The maximum Gasteiger partial charge on any atom is 0.162 e. The molecule has 3 nitrogen and oxygen atoms in total. The molecule has 1 aliphatic rings. The van der Waals surface area contributed by atoms with Crippen molar-refractivity contribution in [1.29, 1.82) is 5.26 Å². The fraction of sp³-hybridized carbons (Fsp3) is 0.462. The Morgan fingerprint density at radius 2 is 2.18 bits per heavy atom. The van der Waals surface area contributed by atoms with E-state index in [0.717, 1.165) is 22.4 Å². The predicted octanol–water partition coefficient (Wildman–Crippen LogP) is 3.31. The first-order valence-electron chi connectivity index (χ1n) is 5.60. The third-order valence-electron chi connectivity index (χ3n) is 2.77. The van der Waals surface area contributed by atoms with E-state index in [4.69, 9.17) is 14.7 Å². The monoisotopic (exact) mass is 295 g/mol. The van der Waals surface area contributed by atoms with Crippen LogP contribution in [0, 0.1) is 17.2 Å². The molecule has 0 spiro atoms. The quantitative estimate of drug-likeness (QED) is 0.837. The summed E-state index contributed by atoms with van der Waals surface area (Å²) in [6, 6.07) is 5.87. The van der Waals surface area contributed by atoms with Crippen LogP contribution in [0.4, 0.5) is 0 Å². The summed E-state index contributed by atoms with van der Waals surface area (Å²) in [5.41, 5.74) is 0.920. The molecule has 1 fully saturated rings. The summed E-state index contributed by atoms with van der Waals surface area (Å²) in [6.45, 7) is 0.750. The van der Waals surface area contributed by atoms with Crippen molar-refractivity contribution in [1.82, 2.24) is 0 Å². The molecule has 0 aliphatic heterocycles. The maximum atomic E-state index is 8.72. The summed E-state index contributed by atoms with van der Waals surface area (Å²) in [5, 5.41) is 8.72. The molecular weight excluding hydrogens is 282 g/mol. The van der Waals surface area contributed by atoms with Crippen molar-refractivity contribution in [3.05, 3.63) is 22.2 Å². The number of halogens is 1. The molecule has 2 rings (SSSR count). The molecule has 0 unspecified atom stereocenters. The largest absolute Gasteiger partial charge is 0.493 e. The van der Waals surface area contributed by atoms with Crippen LogP contribution in [-0.2, 0) is 6.42 Å². The highest BCUT2D eigenvalue weighted by atomic mass is 79.9. The maximum absolute atomic E-state index is 8.72. The van der Waals surface area contributed by atoms with Crippen LogP contribution in [0.15, 0.2) is 16.6 Å². The first-order valence-corrected chi connectivity index (χ1v) is 6.40. The second kappa shape index (κ2) is 5.42. The molecule has 0 atom stereocenters. The molecule has 1 aliphatic carbocycles. The van der Waals surface area contributed by atoms with Crippen molar-refractivity contribution in [2.75, 3.05) is 13.7 Å². The summed E-state index contributed by atoms with van der Waals surface area (Å²) < 4.78 is 11.9. The lowest BCUT2D eigenvalue weighted by Gasteiger charge is -2.12. The second-order valence-corrected chi connectivity index (χ2v) is 5.04. The van der Waals surface area contributed by atoms with E-state index < -0.39 is 0 Å². The lowest BCUT2D eigenvalue weighted by Crippen LogP contribution is -2.01. The molecule has 0 amide bonds. The van der Waals surface area contributed by atoms with Gasteiger partial charge in [-0.25, -0.2) is 0 Å². The van der Waals surface area contributed by atoms with E-state index in [0.29, 0.717) is 18.1 Å². The third kappa shape index (κ3) is 3.13. The van der Waals surface area contributed by atoms with Crippen LogP contribution in [-0.4, -0.2) is 13.7 Å². The number of hydrogen-bond donors (Lipinski definition) is 0. The molecule has 4 heteroatoms. The van der Waals surface area contributed by atoms with Crippen LogP contribution >= 0.6 is 15.9 Å². The van der Waals surface area contributed by atoms with Crippen LogP contribution < -0.4 is 9.47 Å². The van der Waals surface area contributed by atoms with Gasteiger partial charge in [-0.05, 0) is 36.5 Å². The average molecular weight is 296 g/mol. The highest BCUT2D eigenvalue weighted by Gasteiger charge is 2.22. The van der Waals surface area contributed by atoms with E-state index in [2.05, 4.69) is 22.0 Å². The van der Waals surface area contributed by atoms with Gasteiger partial charge in [-0.3, -0.25) is 0 Å². The number of methoxy groups -OCH3 is 1. The topological polar surface area (TPSA) is 42.2 Å². The fourth-order valence-corrected chi connectivity index (χ4v) is 2.02. The lowest BCUT2D eigenvalue weighted by atomic mass is 10.1. The average Bonchev–Trinajstić information content (AvgIpc) is 3.13. The summed E-state index contributed by atoms with van der Waals surface area (Å²) in [7, 11) is 1.61. The molecule has 0 N–H and O–H groups in total. The molecule has 0 bridgehead atoms. The SMILES string of the molecule is COc1cc(CC#N)c(Br)cc1OCC1CC1. The predicted molar refractivity (Wildman–Crippen MR) is 68.2 cm³/mol. The van der Waals surface area contributed by atoms with Gasteiger partial charge in [0, 0.05) is 4.47 Å². The number of hydrogen-bond acceptors (Lipinski definition) is 3. The van der Waals surface area contributed by atoms with Crippen molar-refractivity contribution in [3.8, 4) is 17.6 Å². The lowest BCUT2D eigenvalue weighted by molar-refractivity contribution is 0.280. The van der Waals surface area contributed by atoms with E-state index in [1.54, 1.807) is 7.11 Å². The molecule has 90 valence electrons. The van der Waals surface area contributed by atoms with Gasteiger partial charge in [0.25, 0.3) is 0 Å². The summed E-state index contributed by atoms with van der Waals surface area (Å²) in [6.07, 6.45) is 2.88. The van der Waals surface area contributed by atoms with Crippen LogP contribution in [0.5, 0.6) is 11.5 Å². The van der Waals surface area contributed by atoms with Gasteiger partial charge < -0.3 is 9.47 Å². The van der Waals surface area contributed by atoms with Gasteiger partial charge in [-0.15, -0.1) is 0 Å². The molecule has 17 heavy (non-hydrogen) atoms. The van der Waals surface area contributed by atoms with Crippen LogP contribution in [0.3, 0.4) is 0 Å². The van der Waals surface area contributed by atoms with Crippen LogP contribution in [0.2, 0.25) is 0 Å². The number of ether oxygens (including phenoxy) is 2. The number of nitriles is 1. The van der Waals surface area contributed by atoms with Gasteiger partial charge in [0.15, 0.2) is 11.5 Å². The standard InChI is InChI=1S/C13H14BrNO2/c1-16-12-6-10(4-5-15)11(14)7-13(12)17-8-9-2-3-9/h6-7,9H,2-4,8H2,1H3. The van der Waals surface area contributed by atoms with E-state index >= 15 is 0 Å². The van der Waals surface area contributed by atoms with Crippen molar-refractivity contribution in [2.24, 2.45) is 5.92 Å². The van der Waals surface area contributed by atoms with Gasteiger partial charge >= 0.3 is 0 Å². The molecule has 0 aromatic heterocycles. The first-order chi connectivity index (χ1) is 8.24. The Kier molecular flexibility index (Phi) is 3.90. The molecule has 1 saturated carbocycles. The Hall–Kier alpha value is -1.21. The smallest absolute Gasteiger partial charge is 0.162 e. The van der Waals surface area contributed by atoms with Gasteiger partial charge in [-0.2, -0.15) is 5.26 Å². The minimum absolute atomic E-state index is 0.361. The summed E-state index contributed by atoms with van der Waals surface area (Å²) >= 11 is 3.45. The van der Waals surface area contributed by atoms with Crippen molar-refractivity contribution in [3.63, 3.8) is 0 Å². The summed E-state index contributed by atoms with van der Waals surface area (Å²) in [4.78, 5) is 0. The van der Waals surface area contributed by atoms with Crippen LogP contribution in [0.25, 0.3) is 0 Å². The highest BCUT2D eigenvalue weighted by Crippen LogP contribution is 2.36. The number of benzene rings is 1. The highest BCUT2D eigenvalue weighted by molar-refractivity contribution is 9.10. The Morgan fingerprint density at radius 3 is 2.76 bits per heavy atom. The minimum Gasteiger partial charge on any atom is -0.493 e. The molecule has 1 aromatic rings. The Labute approximate surface area is 109 Å². The zero-order valence-corrected chi connectivity index (χ0v) is 11.3. The number of nitrogens with zero attached hydrogens (tertiary/aromatic N) is 1. The normalized spacial score (nSPS) is 14.2. The van der Waals surface area contributed by atoms with E-state index in [1.165, 1.54) is 12.8 Å². The zero-order valence-electron chi connectivity index (χ0n) is 9.70. The molecule has 0 heterocycles. The van der Waals surface area contributed by atoms with Gasteiger partial charge in [0.1, 0.15) is 0 Å². The summed E-state index contributed by atoms with van der Waals surface area (Å²) in [5.74, 6) is 2.14. The first kappa shape index (κ1) is 12.3. The molecule has 1 aromatic carbocycles. The van der Waals surface area contributed by atoms with Crippen LogP contribution in [0.1, 0.15) is 18.4 Å².